The molecule has 2 rings (SSSR count). The summed E-state index contributed by atoms with van der Waals surface area (Å²) < 4.78 is 5.15. The van der Waals surface area contributed by atoms with Gasteiger partial charge in [0, 0.05) is 6.07 Å². The lowest BCUT2D eigenvalue weighted by Gasteiger charge is -2.05. The molecule has 0 saturated carbocycles. The number of carbonyl (C=O) groups is 1. The highest BCUT2D eigenvalue weighted by Crippen LogP contribution is 2.25. The summed E-state index contributed by atoms with van der Waals surface area (Å²) in [6.45, 7) is 2.16. The topological polar surface area (TPSA) is 125 Å². The van der Waals surface area contributed by atoms with Gasteiger partial charge in [-0.05, 0) is 17.7 Å². The molecule has 0 radical (unpaired) electrons. The molecule has 1 heterocycles. The SMILES string of the molecule is CCCn1nnc(NC(=O)COc2ccccc2[N+](=O)[O-])n1. The lowest BCUT2D eigenvalue weighted by molar-refractivity contribution is -0.385. The fourth-order valence-corrected chi connectivity index (χ4v) is 1.62. The minimum absolute atomic E-state index is 0.0187. The van der Waals surface area contributed by atoms with Crippen molar-refractivity contribution in [3.63, 3.8) is 0 Å². The van der Waals surface area contributed by atoms with Crippen molar-refractivity contribution in [2.24, 2.45) is 0 Å². The van der Waals surface area contributed by atoms with E-state index >= 15 is 0 Å². The van der Waals surface area contributed by atoms with Crippen LogP contribution in [0, 0.1) is 10.1 Å². The Labute approximate surface area is 125 Å². The molecule has 1 amide bonds. The largest absolute Gasteiger partial charge is 0.477 e. The van der Waals surface area contributed by atoms with Crippen molar-refractivity contribution < 1.29 is 14.5 Å². The molecule has 10 heteroatoms. The lowest BCUT2D eigenvalue weighted by atomic mass is 10.3. The number of rotatable bonds is 7. The van der Waals surface area contributed by atoms with Crippen LogP contribution in [0.2, 0.25) is 0 Å². The molecule has 0 saturated heterocycles. The second-order valence-corrected chi connectivity index (χ2v) is 4.27. The van der Waals surface area contributed by atoms with Crippen molar-refractivity contribution in [3.8, 4) is 5.75 Å². The average molecular weight is 306 g/mol. The number of nitro benzene ring substituents is 1. The predicted octanol–water partition coefficient (Wildman–Crippen LogP) is 1.01. The highest BCUT2D eigenvalue weighted by Gasteiger charge is 2.15. The number of tetrazole rings is 1. The summed E-state index contributed by atoms with van der Waals surface area (Å²) in [5.74, 6) is -0.455. The molecular formula is C12H14N6O4. The molecule has 1 aromatic heterocycles. The number of benzene rings is 1. The number of ether oxygens (including phenoxy) is 1. The van der Waals surface area contributed by atoms with Gasteiger partial charge in [-0.1, -0.05) is 24.2 Å². The molecule has 0 aliphatic heterocycles. The summed E-state index contributed by atoms with van der Waals surface area (Å²) in [4.78, 5) is 23.3. The number of hydrogen-bond acceptors (Lipinski definition) is 7. The smallest absolute Gasteiger partial charge is 0.310 e. The first kappa shape index (κ1) is 15.4. The van der Waals surface area contributed by atoms with Gasteiger partial charge in [0.2, 0.25) is 0 Å². The summed E-state index contributed by atoms with van der Waals surface area (Å²) >= 11 is 0. The van der Waals surface area contributed by atoms with Crippen molar-refractivity contribution in [3.05, 3.63) is 34.4 Å². The van der Waals surface area contributed by atoms with E-state index in [1.165, 1.54) is 23.0 Å². The zero-order valence-corrected chi connectivity index (χ0v) is 11.8. The number of para-hydroxylation sites is 2. The van der Waals surface area contributed by atoms with E-state index in [0.717, 1.165) is 6.42 Å². The van der Waals surface area contributed by atoms with Crippen molar-refractivity contribution in [2.45, 2.75) is 19.9 Å². The fourth-order valence-electron chi connectivity index (χ4n) is 1.62. The number of aryl methyl sites for hydroxylation is 1. The van der Waals surface area contributed by atoms with Crippen LogP contribution in [-0.4, -0.2) is 37.6 Å². The second-order valence-electron chi connectivity index (χ2n) is 4.27. The van der Waals surface area contributed by atoms with Crippen LogP contribution in [0.25, 0.3) is 0 Å². The van der Waals surface area contributed by atoms with Crippen molar-refractivity contribution in [1.29, 1.82) is 0 Å². The first-order valence-corrected chi connectivity index (χ1v) is 6.54. The Morgan fingerprint density at radius 1 is 1.45 bits per heavy atom. The highest BCUT2D eigenvalue weighted by atomic mass is 16.6. The molecule has 2 aromatic rings. The predicted molar refractivity (Wildman–Crippen MR) is 75.3 cm³/mol. The number of anilines is 1. The quantitative estimate of drug-likeness (QED) is 0.597. The highest BCUT2D eigenvalue weighted by molar-refractivity contribution is 5.90. The van der Waals surface area contributed by atoms with Gasteiger partial charge in [0.05, 0.1) is 11.5 Å². The maximum Gasteiger partial charge on any atom is 0.310 e. The van der Waals surface area contributed by atoms with Crippen LogP contribution in [0.1, 0.15) is 13.3 Å². The molecule has 10 nitrogen and oxygen atoms in total. The Hall–Kier alpha value is -3.04. The molecule has 0 bridgehead atoms. The number of amides is 1. The van der Waals surface area contributed by atoms with E-state index in [4.69, 9.17) is 4.74 Å². The van der Waals surface area contributed by atoms with Crippen LogP contribution in [0.15, 0.2) is 24.3 Å². The van der Waals surface area contributed by atoms with E-state index in [9.17, 15) is 14.9 Å². The molecule has 0 spiro atoms. The normalized spacial score (nSPS) is 10.2. The van der Waals surface area contributed by atoms with Crippen LogP contribution in [0.3, 0.4) is 0 Å². The van der Waals surface area contributed by atoms with E-state index in [1.54, 1.807) is 6.07 Å². The number of nitrogens with one attached hydrogen (secondary N) is 1. The van der Waals surface area contributed by atoms with Crippen molar-refractivity contribution in [1.82, 2.24) is 20.2 Å². The number of nitro groups is 1. The Morgan fingerprint density at radius 2 is 2.23 bits per heavy atom. The van der Waals surface area contributed by atoms with Gasteiger partial charge < -0.3 is 4.74 Å². The van der Waals surface area contributed by atoms with Crippen molar-refractivity contribution in [2.75, 3.05) is 11.9 Å². The van der Waals surface area contributed by atoms with Gasteiger partial charge in [0.25, 0.3) is 11.9 Å². The van der Waals surface area contributed by atoms with Crippen molar-refractivity contribution >= 4 is 17.5 Å². The minimum Gasteiger partial charge on any atom is -0.477 e. The molecule has 22 heavy (non-hydrogen) atoms. The van der Waals surface area contributed by atoms with Crippen LogP contribution in [-0.2, 0) is 11.3 Å². The zero-order valence-electron chi connectivity index (χ0n) is 11.8. The summed E-state index contributed by atoms with van der Waals surface area (Å²) in [7, 11) is 0. The molecule has 0 fully saturated rings. The van der Waals surface area contributed by atoms with Gasteiger partial charge in [-0.15, -0.1) is 5.10 Å². The van der Waals surface area contributed by atoms with Crippen LogP contribution in [0.5, 0.6) is 5.75 Å². The summed E-state index contributed by atoms with van der Waals surface area (Å²) in [5.41, 5.74) is -0.206. The Bertz CT molecular complexity index is 671. The Kier molecular flexibility index (Phi) is 4.96. The van der Waals surface area contributed by atoms with Gasteiger partial charge in [-0.3, -0.25) is 20.2 Å². The Morgan fingerprint density at radius 3 is 2.95 bits per heavy atom. The van der Waals surface area contributed by atoms with E-state index < -0.39 is 17.4 Å². The second kappa shape index (κ2) is 7.11. The third-order valence-electron chi connectivity index (χ3n) is 2.55. The summed E-state index contributed by atoms with van der Waals surface area (Å²) in [6, 6.07) is 5.81. The number of carbonyl (C=O) groups excluding carboxylic acids is 1. The van der Waals surface area contributed by atoms with E-state index in [2.05, 4.69) is 20.7 Å². The van der Waals surface area contributed by atoms with Gasteiger partial charge in [-0.2, -0.15) is 4.80 Å². The molecule has 0 aliphatic carbocycles. The van der Waals surface area contributed by atoms with E-state index in [-0.39, 0.29) is 17.4 Å². The van der Waals surface area contributed by atoms with Gasteiger partial charge in [0.1, 0.15) is 0 Å². The molecule has 1 N–H and O–H groups in total. The molecule has 1 aromatic carbocycles. The molecule has 116 valence electrons. The zero-order chi connectivity index (χ0) is 15.9. The van der Waals surface area contributed by atoms with Gasteiger partial charge in [0.15, 0.2) is 12.4 Å². The summed E-state index contributed by atoms with van der Waals surface area (Å²) in [6.07, 6.45) is 0.838. The standard InChI is InChI=1S/C12H14N6O4/c1-2-7-17-15-12(14-16-17)13-11(19)8-22-10-6-4-3-5-9(10)18(20)21/h3-6H,2,7-8H2,1H3,(H,13,15,19). The van der Waals surface area contributed by atoms with Gasteiger partial charge in [-0.25, -0.2) is 0 Å². The third kappa shape index (κ3) is 3.98. The van der Waals surface area contributed by atoms with Crippen LogP contribution >= 0.6 is 0 Å². The fraction of sp³-hybridized carbons (Fsp3) is 0.333. The number of hydrogen-bond donors (Lipinski definition) is 1. The maximum atomic E-state index is 11.7. The lowest BCUT2D eigenvalue weighted by Crippen LogP contribution is -2.21. The summed E-state index contributed by atoms with van der Waals surface area (Å²) in [5, 5.41) is 24.6. The molecule has 0 aliphatic rings. The number of nitrogens with zero attached hydrogens (tertiary/aromatic N) is 5. The first-order valence-electron chi connectivity index (χ1n) is 6.54. The first-order chi connectivity index (χ1) is 10.6. The third-order valence-corrected chi connectivity index (χ3v) is 2.55. The van der Waals surface area contributed by atoms with Gasteiger partial charge >= 0.3 is 5.69 Å². The molecule has 0 atom stereocenters. The molecule has 0 unspecified atom stereocenters. The Balaban J connectivity index is 1.91. The average Bonchev–Trinajstić information content (AvgIpc) is 2.93. The van der Waals surface area contributed by atoms with Crippen LogP contribution in [0.4, 0.5) is 11.6 Å². The number of aromatic nitrogens is 4. The molecular weight excluding hydrogens is 292 g/mol. The minimum atomic E-state index is -0.578. The maximum absolute atomic E-state index is 11.7. The van der Waals surface area contributed by atoms with E-state index in [1.807, 2.05) is 6.92 Å². The van der Waals surface area contributed by atoms with E-state index in [0.29, 0.717) is 6.54 Å². The van der Waals surface area contributed by atoms with Crippen LogP contribution < -0.4 is 10.1 Å². The monoisotopic (exact) mass is 306 g/mol.